The number of para-hydroxylation sites is 3. The molecule has 0 unspecified atom stereocenters. The van der Waals surface area contributed by atoms with Gasteiger partial charge in [0.15, 0.2) is 6.61 Å². The third-order valence-corrected chi connectivity index (χ3v) is 4.79. The molecule has 0 saturated carbocycles. The van der Waals surface area contributed by atoms with E-state index >= 15 is 0 Å². The summed E-state index contributed by atoms with van der Waals surface area (Å²) in [5.41, 5.74) is 2.81. The molecule has 1 aliphatic heterocycles. The van der Waals surface area contributed by atoms with E-state index in [1.807, 2.05) is 47.4 Å². The molecule has 6 heteroatoms. The summed E-state index contributed by atoms with van der Waals surface area (Å²) in [7, 11) is 0. The number of rotatable bonds is 5. The Morgan fingerprint density at radius 3 is 2.71 bits per heavy atom. The van der Waals surface area contributed by atoms with Crippen molar-refractivity contribution in [1.82, 2.24) is 14.9 Å². The Kier molecular flexibility index (Phi) is 5.07. The molecule has 0 bridgehead atoms. The molecule has 4 rings (SSSR count). The number of fused-ring (bicyclic) bond motifs is 1. The largest absolute Gasteiger partial charge is 0.483 e. The summed E-state index contributed by atoms with van der Waals surface area (Å²) >= 11 is 0. The van der Waals surface area contributed by atoms with Crippen LogP contribution in [0.3, 0.4) is 0 Å². The average Bonchev–Trinajstić information content (AvgIpc) is 3.40. The molecule has 140 valence electrons. The van der Waals surface area contributed by atoms with Crippen LogP contribution in [0.15, 0.2) is 48.5 Å². The second-order valence-electron chi connectivity index (χ2n) is 6.69. The number of imidazole rings is 1. The van der Waals surface area contributed by atoms with Gasteiger partial charge in [-0.2, -0.15) is 5.26 Å². The number of hydrogen-bond donors (Lipinski definition) is 1. The highest BCUT2D eigenvalue weighted by molar-refractivity contribution is 5.91. The number of amides is 1. The number of carbonyl (C=O) groups excluding carboxylic acids is 1. The minimum atomic E-state index is -0.00549. The Labute approximate surface area is 163 Å². The molecule has 1 aromatic heterocycles. The van der Waals surface area contributed by atoms with Crippen LogP contribution in [0.4, 0.5) is 0 Å². The zero-order valence-electron chi connectivity index (χ0n) is 15.4. The zero-order valence-corrected chi connectivity index (χ0v) is 15.4. The summed E-state index contributed by atoms with van der Waals surface area (Å²) in [6, 6.07) is 17.2. The van der Waals surface area contributed by atoms with Crippen molar-refractivity contribution in [2.45, 2.75) is 12.8 Å². The van der Waals surface area contributed by atoms with E-state index in [0.29, 0.717) is 17.1 Å². The first-order valence-electron chi connectivity index (χ1n) is 9.31. The van der Waals surface area contributed by atoms with Crippen LogP contribution in [0.5, 0.6) is 5.75 Å². The molecule has 2 heterocycles. The van der Waals surface area contributed by atoms with Gasteiger partial charge in [-0.25, -0.2) is 4.98 Å². The first-order chi connectivity index (χ1) is 13.7. The molecule has 0 atom stereocenters. The van der Waals surface area contributed by atoms with Gasteiger partial charge in [-0.05, 0) is 37.1 Å². The van der Waals surface area contributed by atoms with E-state index in [1.54, 1.807) is 12.1 Å². The Hall–Kier alpha value is -3.59. The number of ether oxygens (including phenoxy) is 1. The van der Waals surface area contributed by atoms with Crippen LogP contribution >= 0.6 is 0 Å². The minimum Gasteiger partial charge on any atom is -0.483 e. The minimum absolute atomic E-state index is 0.00260. The third-order valence-electron chi connectivity index (χ3n) is 4.79. The van der Waals surface area contributed by atoms with Crippen molar-refractivity contribution in [3.05, 3.63) is 59.9 Å². The number of nitriles is 1. The summed E-state index contributed by atoms with van der Waals surface area (Å²) in [4.78, 5) is 21.7. The number of nitrogens with zero attached hydrogens (tertiary/aromatic N) is 3. The first kappa shape index (κ1) is 17.8. The van der Waals surface area contributed by atoms with Gasteiger partial charge in [0.2, 0.25) is 0 Å². The van der Waals surface area contributed by atoms with Gasteiger partial charge in [0.1, 0.15) is 17.6 Å². The van der Waals surface area contributed by atoms with Gasteiger partial charge in [-0.3, -0.25) is 4.79 Å². The molecule has 1 amide bonds. The molecule has 1 saturated heterocycles. The van der Waals surface area contributed by atoms with E-state index in [9.17, 15) is 10.1 Å². The molecule has 1 fully saturated rings. The monoisotopic (exact) mass is 372 g/mol. The normalized spacial score (nSPS) is 14.2. The second-order valence-corrected chi connectivity index (χ2v) is 6.69. The SMILES string of the molecule is N#C/C(=C\c1ccccc1OCC(=O)N1CCCC1)c1nc2ccccc2[nH]1. The van der Waals surface area contributed by atoms with E-state index in [0.717, 1.165) is 42.5 Å². The number of nitrogens with one attached hydrogen (secondary N) is 1. The molecule has 1 N–H and O–H groups in total. The van der Waals surface area contributed by atoms with Crippen LogP contribution < -0.4 is 4.74 Å². The van der Waals surface area contributed by atoms with Crippen molar-refractivity contribution in [3.63, 3.8) is 0 Å². The summed E-state index contributed by atoms with van der Waals surface area (Å²) < 4.78 is 5.78. The molecule has 0 spiro atoms. The zero-order chi connectivity index (χ0) is 19.3. The summed E-state index contributed by atoms with van der Waals surface area (Å²) in [6.45, 7) is 1.60. The smallest absolute Gasteiger partial charge is 0.260 e. The van der Waals surface area contributed by atoms with Crippen LogP contribution in [-0.2, 0) is 4.79 Å². The number of H-pyrrole nitrogens is 1. The number of aromatic nitrogens is 2. The third kappa shape index (κ3) is 3.74. The predicted octanol–water partition coefficient (Wildman–Crippen LogP) is 3.63. The molecular weight excluding hydrogens is 352 g/mol. The highest BCUT2D eigenvalue weighted by atomic mass is 16.5. The lowest BCUT2D eigenvalue weighted by atomic mass is 10.1. The quantitative estimate of drug-likeness (QED) is 0.694. The van der Waals surface area contributed by atoms with Crippen molar-refractivity contribution >= 4 is 28.6 Å². The van der Waals surface area contributed by atoms with Crippen LogP contribution in [0, 0.1) is 11.3 Å². The van der Waals surface area contributed by atoms with Crippen LogP contribution in [0.25, 0.3) is 22.7 Å². The molecule has 3 aromatic rings. The molecule has 6 nitrogen and oxygen atoms in total. The molecule has 2 aromatic carbocycles. The summed E-state index contributed by atoms with van der Waals surface area (Å²) in [5.74, 6) is 1.07. The van der Waals surface area contributed by atoms with E-state index < -0.39 is 0 Å². The Balaban J connectivity index is 1.57. The van der Waals surface area contributed by atoms with Crippen molar-refractivity contribution < 1.29 is 9.53 Å². The standard InChI is InChI=1S/C22H20N4O2/c23-14-17(22-24-18-8-2-3-9-19(18)25-22)13-16-7-1-4-10-20(16)28-15-21(27)26-11-5-6-12-26/h1-4,7-10,13H,5-6,11-12,15H2,(H,24,25)/b17-13+. The topological polar surface area (TPSA) is 82.0 Å². The van der Waals surface area contributed by atoms with E-state index in [-0.39, 0.29) is 12.5 Å². The predicted molar refractivity (Wildman–Crippen MR) is 107 cm³/mol. The van der Waals surface area contributed by atoms with Crippen LogP contribution in [0.2, 0.25) is 0 Å². The molecular formula is C22H20N4O2. The molecule has 0 aliphatic carbocycles. The van der Waals surface area contributed by atoms with E-state index in [2.05, 4.69) is 16.0 Å². The lowest BCUT2D eigenvalue weighted by Crippen LogP contribution is -2.32. The fourth-order valence-corrected chi connectivity index (χ4v) is 3.32. The molecule has 28 heavy (non-hydrogen) atoms. The highest BCUT2D eigenvalue weighted by Gasteiger charge is 2.18. The number of carbonyl (C=O) groups is 1. The molecule has 0 radical (unpaired) electrons. The van der Waals surface area contributed by atoms with Crippen LogP contribution in [0.1, 0.15) is 24.2 Å². The maximum absolute atomic E-state index is 12.2. The van der Waals surface area contributed by atoms with Gasteiger partial charge >= 0.3 is 0 Å². The maximum Gasteiger partial charge on any atom is 0.260 e. The Morgan fingerprint density at radius 1 is 1.18 bits per heavy atom. The van der Waals surface area contributed by atoms with Crippen LogP contribution in [-0.4, -0.2) is 40.5 Å². The number of likely N-dealkylation sites (tertiary alicyclic amines) is 1. The van der Waals surface area contributed by atoms with Gasteiger partial charge < -0.3 is 14.6 Å². The Bertz CT molecular complexity index is 1040. The highest BCUT2D eigenvalue weighted by Crippen LogP contribution is 2.25. The van der Waals surface area contributed by atoms with Gasteiger partial charge in [-0.15, -0.1) is 0 Å². The van der Waals surface area contributed by atoms with Gasteiger partial charge in [-0.1, -0.05) is 30.3 Å². The van der Waals surface area contributed by atoms with Crippen molar-refractivity contribution in [1.29, 1.82) is 5.26 Å². The van der Waals surface area contributed by atoms with Crippen molar-refractivity contribution in [3.8, 4) is 11.8 Å². The van der Waals surface area contributed by atoms with Crippen molar-refractivity contribution in [2.75, 3.05) is 19.7 Å². The van der Waals surface area contributed by atoms with Gasteiger partial charge in [0.05, 0.1) is 16.6 Å². The lowest BCUT2D eigenvalue weighted by Gasteiger charge is -2.16. The lowest BCUT2D eigenvalue weighted by molar-refractivity contribution is -0.132. The average molecular weight is 372 g/mol. The number of aromatic amines is 1. The first-order valence-corrected chi connectivity index (χ1v) is 9.31. The van der Waals surface area contributed by atoms with Crippen molar-refractivity contribution in [2.24, 2.45) is 0 Å². The Morgan fingerprint density at radius 2 is 1.93 bits per heavy atom. The number of allylic oxidation sites excluding steroid dienone is 1. The second kappa shape index (κ2) is 7.97. The number of hydrogen-bond acceptors (Lipinski definition) is 4. The summed E-state index contributed by atoms with van der Waals surface area (Å²) in [5, 5.41) is 9.64. The van der Waals surface area contributed by atoms with Gasteiger partial charge in [0, 0.05) is 18.7 Å². The van der Waals surface area contributed by atoms with Gasteiger partial charge in [0.25, 0.3) is 5.91 Å². The van der Waals surface area contributed by atoms with E-state index in [1.165, 1.54) is 0 Å². The maximum atomic E-state index is 12.2. The fraction of sp³-hybridized carbons (Fsp3) is 0.227. The number of benzene rings is 2. The van der Waals surface area contributed by atoms with E-state index in [4.69, 9.17) is 4.74 Å². The summed E-state index contributed by atoms with van der Waals surface area (Å²) in [6.07, 6.45) is 3.83. The molecule has 1 aliphatic rings. The fourth-order valence-electron chi connectivity index (χ4n) is 3.32.